The van der Waals surface area contributed by atoms with Crippen LogP contribution in [0.2, 0.25) is 0 Å². The van der Waals surface area contributed by atoms with Crippen molar-refractivity contribution in [2.75, 3.05) is 26.4 Å². The topological polar surface area (TPSA) is 251 Å². The number of nitrogens with zero attached hydrogens (tertiary/aromatic N) is 1. The van der Waals surface area contributed by atoms with Crippen molar-refractivity contribution in [1.29, 1.82) is 0 Å². The lowest BCUT2D eigenvalue weighted by atomic mass is 9.77. The number of carbonyl (C=O) groups excluding carboxylic acids is 3. The summed E-state index contributed by atoms with van der Waals surface area (Å²) in [6.07, 6.45) is -14.2. The van der Waals surface area contributed by atoms with E-state index in [1.54, 1.807) is 58.9 Å². The summed E-state index contributed by atoms with van der Waals surface area (Å²) in [5, 5.41) is 74.1. The molecule has 0 amide bonds. The molecule has 0 radical (unpaired) electrons. The maximum Gasteiger partial charge on any atom is 0.336 e. The molecule has 17 heteroatoms. The number of rotatable bonds is 12. The maximum absolute atomic E-state index is 14.0. The molecule has 10 atom stereocenters. The molecule has 2 saturated heterocycles. The highest BCUT2D eigenvalue weighted by molar-refractivity contribution is 6.00. The Morgan fingerprint density at radius 2 is 1.35 bits per heavy atom. The Morgan fingerprint density at radius 1 is 0.782 bits per heavy atom. The third-order valence-electron chi connectivity index (χ3n) is 9.42. The number of hydrogen-bond acceptors (Lipinski definition) is 17. The summed E-state index contributed by atoms with van der Waals surface area (Å²) in [4.78, 5) is 41.9. The van der Waals surface area contributed by atoms with E-state index in [1.807, 2.05) is 0 Å². The van der Waals surface area contributed by atoms with Crippen LogP contribution in [0.15, 0.2) is 52.9 Å². The van der Waals surface area contributed by atoms with Crippen LogP contribution in [-0.4, -0.2) is 152 Å². The van der Waals surface area contributed by atoms with Crippen LogP contribution in [0, 0.1) is 0 Å². The highest BCUT2D eigenvalue weighted by Gasteiger charge is 2.53. The summed E-state index contributed by atoms with van der Waals surface area (Å²) in [7, 11) is 0. The normalized spacial score (nSPS) is 30.8. The lowest BCUT2D eigenvalue weighted by Crippen LogP contribution is -2.66. The van der Waals surface area contributed by atoms with Crippen molar-refractivity contribution >= 4 is 24.0 Å². The molecular weight excluding hydrogens is 726 g/mol. The number of hydrogen-bond donors (Lipinski definition) is 7. The fourth-order valence-electron chi connectivity index (χ4n) is 6.92. The van der Waals surface area contributed by atoms with Gasteiger partial charge in [-0.2, -0.15) is 0 Å². The number of aliphatic hydroxyl groups excluding tert-OH is 7. The molecule has 1 aromatic rings. The van der Waals surface area contributed by atoms with Gasteiger partial charge in [-0.1, -0.05) is 24.3 Å². The monoisotopic (exact) mass is 779 g/mol. The summed E-state index contributed by atoms with van der Waals surface area (Å²) < 4.78 is 33.7. The average Bonchev–Trinajstić information content (AvgIpc) is 3.12. The second-order valence-electron chi connectivity index (χ2n) is 14.3. The number of ether oxygens (including phenoxy) is 6. The zero-order valence-corrected chi connectivity index (χ0v) is 31.9. The van der Waals surface area contributed by atoms with Crippen molar-refractivity contribution in [1.82, 2.24) is 4.90 Å². The molecule has 0 spiro atoms. The van der Waals surface area contributed by atoms with Crippen molar-refractivity contribution < 1.29 is 78.6 Å². The molecule has 0 aliphatic carbocycles. The van der Waals surface area contributed by atoms with Crippen molar-refractivity contribution in [3.8, 4) is 0 Å². The van der Waals surface area contributed by atoms with E-state index >= 15 is 0 Å². The quantitative estimate of drug-likeness (QED) is 0.0820. The van der Waals surface area contributed by atoms with Gasteiger partial charge in [-0.3, -0.25) is 0 Å². The van der Waals surface area contributed by atoms with Gasteiger partial charge in [0.1, 0.15) is 54.4 Å². The van der Waals surface area contributed by atoms with Gasteiger partial charge in [0.2, 0.25) is 0 Å². The second kappa shape index (κ2) is 18.5. The zero-order chi connectivity index (χ0) is 40.9. The van der Waals surface area contributed by atoms with Gasteiger partial charge in [-0.25, -0.2) is 14.4 Å². The minimum absolute atomic E-state index is 0.0508. The maximum atomic E-state index is 14.0. The van der Waals surface area contributed by atoms with Crippen molar-refractivity contribution in [2.45, 2.75) is 121 Å². The third kappa shape index (κ3) is 9.45. The Kier molecular flexibility index (Phi) is 14.8. The van der Waals surface area contributed by atoms with Crippen molar-refractivity contribution in [2.24, 2.45) is 0 Å². The summed E-state index contributed by atoms with van der Waals surface area (Å²) in [6.45, 7) is 9.73. The molecule has 17 nitrogen and oxygen atoms in total. The van der Waals surface area contributed by atoms with Crippen LogP contribution in [0.4, 0.5) is 0 Å². The summed E-state index contributed by atoms with van der Waals surface area (Å²) >= 11 is 0. The Morgan fingerprint density at radius 3 is 1.87 bits per heavy atom. The van der Waals surface area contributed by atoms with Gasteiger partial charge >= 0.3 is 17.9 Å². The van der Waals surface area contributed by atoms with Gasteiger partial charge in [0.15, 0.2) is 12.5 Å². The van der Waals surface area contributed by atoms with E-state index in [1.165, 1.54) is 30.9 Å². The van der Waals surface area contributed by atoms with Gasteiger partial charge in [-0.15, -0.1) is 0 Å². The highest BCUT2D eigenvalue weighted by Crippen LogP contribution is 2.46. The van der Waals surface area contributed by atoms with Gasteiger partial charge in [0.05, 0.1) is 43.5 Å². The molecular formula is C38H53NO16. The molecule has 55 heavy (non-hydrogen) atoms. The van der Waals surface area contributed by atoms with Crippen LogP contribution < -0.4 is 0 Å². The molecule has 1 aromatic carbocycles. The van der Waals surface area contributed by atoms with Gasteiger partial charge in [-0.05, 0) is 65.7 Å². The molecule has 4 rings (SSSR count). The zero-order valence-electron chi connectivity index (χ0n) is 31.9. The lowest BCUT2D eigenvalue weighted by molar-refractivity contribution is -0.347. The van der Waals surface area contributed by atoms with E-state index in [2.05, 4.69) is 0 Å². The standard InChI is InChI=1S/C38H53NO16/c1-8-50-35(48)25-18(3)39(34-31(46)30(45)33(23(17-41)52-34)54-37-32(47)29(44)28(43)22(16-40)53-37)19(4)26(36(49)51-9-2)27(25)21-13-11-10-12-20(21)14-15-24(42)55-38(5,6)7/h10-15,22-23,27-34,37,40-41,43-47H,8-9,16-17H2,1-7H3/b15-14+/t22-,23-,28+,29+,30-,31-,32-,33-,34?,37+/m1/s1. The molecule has 306 valence electrons. The Balaban J connectivity index is 1.83. The predicted octanol–water partition coefficient (Wildman–Crippen LogP) is -0.261. The molecule has 3 heterocycles. The van der Waals surface area contributed by atoms with E-state index in [0.29, 0.717) is 11.1 Å². The van der Waals surface area contributed by atoms with Crippen molar-refractivity contribution in [3.05, 3.63) is 64.0 Å². The molecule has 0 bridgehead atoms. The molecule has 0 aromatic heterocycles. The van der Waals surface area contributed by atoms with Crippen LogP contribution in [-0.2, 0) is 42.8 Å². The van der Waals surface area contributed by atoms with Crippen LogP contribution in [0.5, 0.6) is 0 Å². The van der Waals surface area contributed by atoms with Crippen LogP contribution in [0.25, 0.3) is 6.08 Å². The predicted molar refractivity (Wildman–Crippen MR) is 191 cm³/mol. The van der Waals surface area contributed by atoms with E-state index in [9.17, 15) is 50.1 Å². The third-order valence-corrected chi connectivity index (χ3v) is 9.42. The molecule has 7 N–H and O–H groups in total. The summed E-state index contributed by atoms with van der Waals surface area (Å²) in [5.41, 5.74) is 0.273. The Bertz CT molecular complexity index is 1590. The number of aliphatic hydroxyl groups is 7. The highest BCUT2D eigenvalue weighted by atomic mass is 16.7. The largest absolute Gasteiger partial charge is 0.463 e. The Hall–Kier alpha value is -3.75. The van der Waals surface area contributed by atoms with Crippen molar-refractivity contribution in [3.63, 3.8) is 0 Å². The first-order valence-corrected chi connectivity index (χ1v) is 18.1. The van der Waals surface area contributed by atoms with Crippen LogP contribution >= 0.6 is 0 Å². The molecule has 3 aliphatic heterocycles. The SMILES string of the molecule is CCOC(=O)C1=C(C)N(C2O[C@H](CO)[C@@H](O[C@@H]3O[C@H](CO)[C@H](O)[C@H](O)[C@H]3O)[C@H](O)[C@H]2O)C(C)=C(C(=O)OCC)C1c1ccccc1/C=C/C(=O)OC(C)(C)C. The second-order valence-corrected chi connectivity index (χ2v) is 14.3. The van der Waals surface area contributed by atoms with Gasteiger partial charge in [0.25, 0.3) is 0 Å². The van der Waals surface area contributed by atoms with Gasteiger partial charge < -0.3 is 69.1 Å². The smallest absolute Gasteiger partial charge is 0.336 e. The number of carbonyl (C=O) groups is 3. The fourth-order valence-corrected chi connectivity index (χ4v) is 6.92. The van der Waals surface area contributed by atoms with Crippen LogP contribution in [0.3, 0.4) is 0 Å². The fraction of sp³-hybridized carbons (Fsp3) is 0.605. The van der Waals surface area contributed by atoms with E-state index in [0.717, 1.165) is 0 Å². The van der Waals surface area contributed by atoms with Crippen LogP contribution in [0.1, 0.15) is 65.5 Å². The Labute approximate surface area is 319 Å². The summed E-state index contributed by atoms with van der Waals surface area (Å²) in [6, 6.07) is 6.76. The van der Waals surface area contributed by atoms with Gasteiger partial charge in [0, 0.05) is 17.5 Å². The number of esters is 3. The number of allylic oxidation sites excluding steroid dienone is 2. The minimum atomic E-state index is -1.89. The van der Waals surface area contributed by atoms with E-state index < -0.39 is 104 Å². The van der Waals surface area contributed by atoms with E-state index in [-0.39, 0.29) is 35.8 Å². The average molecular weight is 780 g/mol. The number of benzene rings is 1. The minimum Gasteiger partial charge on any atom is -0.463 e. The van der Waals surface area contributed by atoms with E-state index in [4.69, 9.17) is 28.4 Å². The molecule has 0 saturated carbocycles. The molecule has 2 fully saturated rings. The lowest BCUT2D eigenvalue weighted by Gasteiger charge is -2.50. The molecule has 3 aliphatic rings. The summed E-state index contributed by atoms with van der Waals surface area (Å²) in [5.74, 6) is -3.43. The first-order chi connectivity index (χ1) is 25.9. The first-order valence-electron chi connectivity index (χ1n) is 18.1. The molecule has 1 unspecified atom stereocenters. The first kappa shape index (κ1) is 44.0.